The molecule has 4 heteroatoms. The van der Waals surface area contributed by atoms with Crippen molar-refractivity contribution in [3.63, 3.8) is 0 Å². The molecule has 0 aliphatic heterocycles. The third-order valence-corrected chi connectivity index (χ3v) is 2.82. The summed E-state index contributed by atoms with van der Waals surface area (Å²) in [4.78, 5) is 0. The molecule has 3 aromatic carbocycles. The van der Waals surface area contributed by atoms with Gasteiger partial charge < -0.3 is 15.3 Å². The number of hydrogen-bond donors (Lipinski definition) is 0. The van der Waals surface area contributed by atoms with Crippen molar-refractivity contribution < 1.29 is 41.5 Å². The quantitative estimate of drug-likeness (QED) is 0.507. The summed E-state index contributed by atoms with van der Waals surface area (Å²) < 4.78 is 0. The topological polar surface area (TPSA) is 69.2 Å². The van der Waals surface area contributed by atoms with Crippen molar-refractivity contribution in [2.75, 3.05) is 0 Å². The van der Waals surface area contributed by atoms with Gasteiger partial charge in [0.1, 0.15) is 0 Å². The molecule has 3 nitrogen and oxygen atoms in total. The number of allylic oxidation sites excluding steroid dienone is 4. The molecule has 0 spiro atoms. The Balaban J connectivity index is 0.000000332. The van der Waals surface area contributed by atoms with E-state index < -0.39 is 0 Å². The zero-order chi connectivity index (χ0) is 18.9. The Morgan fingerprint density at radius 1 is 0.556 bits per heavy atom. The van der Waals surface area contributed by atoms with Gasteiger partial charge in [0.15, 0.2) is 0 Å². The van der Waals surface area contributed by atoms with Crippen LogP contribution in [0.5, 0.6) is 17.2 Å². The molecule has 1 aliphatic carbocycles. The van der Waals surface area contributed by atoms with Crippen LogP contribution in [0.15, 0.2) is 109 Å². The third kappa shape index (κ3) is 15.4. The SMILES string of the molecule is [C-]1=CC=CC1.[O-]c1ccccc1.[O-]c1ccccc1.[O-]c1ccccc1.[Zr+4]. The van der Waals surface area contributed by atoms with Crippen LogP contribution in [0.1, 0.15) is 6.42 Å². The molecule has 27 heavy (non-hydrogen) atoms. The zero-order valence-corrected chi connectivity index (χ0v) is 17.3. The fourth-order valence-electron chi connectivity index (χ4n) is 1.60. The maximum absolute atomic E-state index is 10.3. The smallest absolute Gasteiger partial charge is 0.872 e. The molecular formula is C23H20O3Zr. The summed E-state index contributed by atoms with van der Waals surface area (Å²) in [5, 5.41) is 30.8. The maximum atomic E-state index is 10.3. The summed E-state index contributed by atoms with van der Waals surface area (Å²) in [6.45, 7) is 0. The van der Waals surface area contributed by atoms with Crippen LogP contribution in [-0.4, -0.2) is 0 Å². The van der Waals surface area contributed by atoms with E-state index in [4.69, 9.17) is 0 Å². The van der Waals surface area contributed by atoms with Crippen molar-refractivity contribution in [1.82, 2.24) is 0 Å². The second-order valence-electron chi connectivity index (χ2n) is 4.94. The Kier molecular flexibility index (Phi) is 15.3. The van der Waals surface area contributed by atoms with Gasteiger partial charge in [-0.1, -0.05) is 91.0 Å². The van der Waals surface area contributed by atoms with Gasteiger partial charge >= 0.3 is 26.2 Å². The van der Waals surface area contributed by atoms with E-state index in [2.05, 4.69) is 12.2 Å². The fraction of sp³-hybridized carbons (Fsp3) is 0.0435. The average Bonchev–Trinajstić information content (AvgIpc) is 3.25. The minimum Gasteiger partial charge on any atom is -0.872 e. The van der Waals surface area contributed by atoms with Crippen LogP contribution in [0.25, 0.3) is 0 Å². The summed E-state index contributed by atoms with van der Waals surface area (Å²) in [5.74, 6) is 0.215. The normalized spacial score (nSPS) is 9.93. The van der Waals surface area contributed by atoms with Crippen molar-refractivity contribution in [3.05, 3.63) is 115 Å². The molecule has 0 unspecified atom stereocenters. The molecule has 0 saturated carbocycles. The summed E-state index contributed by atoms with van der Waals surface area (Å²) >= 11 is 0. The Labute approximate surface area is 180 Å². The van der Waals surface area contributed by atoms with Crippen LogP contribution >= 0.6 is 0 Å². The van der Waals surface area contributed by atoms with E-state index in [0.29, 0.717) is 0 Å². The average molecular weight is 436 g/mol. The van der Waals surface area contributed by atoms with Crippen LogP contribution < -0.4 is 15.3 Å². The molecule has 0 saturated heterocycles. The Morgan fingerprint density at radius 2 is 0.889 bits per heavy atom. The van der Waals surface area contributed by atoms with Gasteiger partial charge in [-0.15, -0.1) is 23.7 Å². The minimum absolute atomic E-state index is 0. The third-order valence-electron chi connectivity index (χ3n) is 2.82. The fourth-order valence-corrected chi connectivity index (χ4v) is 1.60. The molecule has 0 N–H and O–H groups in total. The molecule has 0 aromatic heterocycles. The van der Waals surface area contributed by atoms with E-state index in [1.807, 2.05) is 30.4 Å². The molecular weight excluding hydrogens is 415 g/mol. The van der Waals surface area contributed by atoms with E-state index in [1.54, 1.807) is 36.4 Å². The first-order valence-electron chi connectivity index (χ1n) is 8.06. The monoisotopic (exact) mass is 434 g/mol. The summed E-state index contributed by atoms with van der Waals surface area (Å²) in [5.41, 5.74) is 0. The molecule has 0 fully saturated rings. The van der Waals surface area contributed by atoms with Gasteiger partial charge in [-0.3, -0.25) is 6.08 Å². The number of benzene rings is 3. The summed E-state index contributed by atoms with van der Waals surface area (Å²) in [6.07, 6.45) is 10.0. The standard InChI is InChI=1S/3C6H6O.C5H5.Zr/c3*7-6-4-2-1-3-5-6;1-2-4-5-3-1;/h3*1-5,7H;1-3H,4H2;/q;;;-1;+4/p-3. The molecule has 0 amide bonds. The van der Waals surface area contributed by atoms with Gasteiger partial charge in [-0.2, -0.15) is 6.08 Å². The second kappa shape index (κ2) is 16.9. The number of hydrogen-bond acceptors (Lipinski definition) is 3. The summed E-state index contributed by atoms with van der Waals surface area (Å²) in [6, 6.07) is 25.0. The predicted molar refractivity (Wildman–Crippen MR) is 99.2 cm³/mol. The molecule has 1 aliphatic rings. The van der Waals surface area contributed by atoms with E-state index in [1.165, 1.54) is 36.4 Å². The molecule has 0 bridgehead atoms. The van der Waals surface area contributed by atoms with E-state index in [9.17, 15) is 15.3 Å². The molecule has 0 radical (unpaired) electrons. The van der Waals surface area contributed by atoms with Crippen molar-refractivity contribution in [1.29, 1.82) is 0 Å². The minimum atomic E-state index is 0. The molecule has 3 aromatic rings. The first-order chi connectivity index (χ1) is 12.7. The number of para-hydroxylation sites is 3. The molecule has 4 rings (SSSR count). The van der Waals surface area contributed by atoms with Gasteiger partial charge in [-0.05, 0) is 0 Å². The Bertz CT molecular complexity index is 643. The van der Waals surface area contributed by atoms with Crippen molar-refractivity contribution in [2.45, 2.75) is 6.42 Å². The van der Waals surface area contributed by atoms with Crippen molar-refractivity contribution >= 4 is 0 Å². The molecule has 0 heterocycles. The largest absolute Gasteiger partial charge is 4.00 e. The van der Waals surface area contributed by atoms with Gasteiger partial charge in [0.05, 0.1) is 0 Å². The van der Waals surface area contributed by atoms with Crippen LogP contribution in [0.4, 0.5) is 0 Å². The van der Waals surface area contributed by atoms with Crippen LogP contribution in [-0.2, 0) is 26.2 Å². The number of rotatable bonds is 0. The Hall–Kier alpha value is -2.58. The van der Waals surface area contributed by atoms with Crippen molar-refractivity contribution in [2.24, 2.45) is 0 Å². The van der Waals surface area contributed by atoms with E-state index >= 15 is 0 Å². The van der Waals surface area contributed by atoms with Crippen LogP contribution in [0.2, 0.25) is 0 Å². The second-order valence-corrected chi connectivity index (χ2v) is 4.94. The van der Waals surface area contributed by atoms with Crippen LogP contribution in [0.3, 0.4) is 0 Å². The predicted octanol–water partition coefficient (Wildman–Crippen LogP) is 3.58. The maximum Gasteiger partial charge on any atom is 4.00 e. The van der Waals surface area contributed by atoms with Gasteiger partial charge in [0.25, 0.3) is 0 Å². The van der Waals surface area contributed by atoms with E-state index in [0.717, 1.165) is 6.42 Å². The van der Waals surface area contributed by atoms with Crippen LogP contribution in [0, 0.1) is 6.08 Å². The zero-order valence-electron chi connectivity index (χ0n) is 14.8. The first kappa shape index (κ1) is 24.4. The molecule has 134 valence electrons. The molecule has 0 atom stereocenters. The van der Waals surface area contributed by atoms with Gasteiger partial charge in [0, 0.05) is 0 Å². The first-order valence-corrected chi connectivity index (χ1v) is 8.06. The van der Waals surface area contributed by atoms with E-state index in [-0.39, 0.29) is 43.5 Å². The summed E-state index contributed by atoms with van der Waals surface area (Å²) in [7, 11) is 0. The van der Waals surface area contributed by atoms with Gasteiger partial charge in [-0.25, -0.2) is 12.2 Å². The van der Waals surface area contributed by atoms with Crippen molar-refractivity contribution in [3.8, 4) is 17.2 Å². The Morgan fingerprint density at radius 3 is 1.00 bits per heavy atom. The van der Waals surface area contributed by atoms with Gasteiger partial charge in [0.2, 0.25) is 0 Å².